The minimum absolute atomic E-state index is 0.184. The topological polar surface area (TPSA) is 79.4 Å². The molecule has 7 heteroatoms. The van der Waals surface area contributed by atoms with Crippen LogP contribution in [0.5, 0.6) is 5.75 Å². The number of fused-ring (bicyclic) bond motifs is 1. The van der Waals surface area contributed by atoms with E-state index in [1.54, 1.807) is 6.07 Å². The number of nitrogens with zero attached hydrogens (tertiary/aromatic N) is 6. The van der Waals surface area contributed by atoms with Gasteiger partial charge in [0.05, 0.1) is 17.1 Å². The summed E-state index contributed by atoms with van der Waals surface area (Å²) in [5.74, 6) is 2.46. The van der Waals surface area contributed by atoms with Crippen molar-refractivity contribution in [2.75, 3.05) is 18.0 Å². The summed E-state index contributed by atoms with van der Waals surface area (Å²) in [7, 11) is 0. The van der Waals surface area contributed by atoms with E-state index < -0.39 is 0 Å². The predicted octanol–water partition coefficient (Wildman–Crippen LogP) is 2.71. The van der Waals surface area contributed by atoms with E-state index in [0.29, 0.717) is 0 Å². The lowest BCUT2D eigenvalue weighted by Gasteiger charge is -2.17. The molecule has 1 saturated carbocycles. The van der Waals surface area contributed by atoms with Crippen molar-refractivity contribution in [2.24, 2.45) is 0 Å². The molecular weight excluding hydrogens is 328 g/mol. The van der Waals surface area contributed by atoms with E-state index in [1.807, 2.05) is 30.6 Å². The molecule has 1 aliphatic heterocycles. The smallest absolute Gasteiger partial charge is 0.177 e. The molecule has 0 radical (unpaired) electrons. The fraction of sp³-hybridized carbons (Fsp3) is 0.474. The van der Waals surface area contributed by atoms with Crippen molar-refractivity contribution in [3.05, 3.63) is 41.2 Å². The number of aromatic nitrogens is 5. The first-order chi connectivity index (χ1) is 12.6. The van der Waals surface area contributed by atoms with Gasteiger partial charge in [-0.1, -0.05) is 0 Å². The second-order valence-electron chi connectivity index (χ2n) is 7.41. The van der Waals surface area contributed by atoms with Crippen LogP contribution in [-0.2, 0) is 0 Å². The number of pyridine rings is 1. The van der Waals surface area contributed by atoms with Crippen LogP contribution in [-0.4, -0.2) is 42.8 Å². The molecule has 3 aromatic heterocycles. The summed E-state index contributed by atoms with van der Waals surface area (Å²) < 4.78 is 1.86. The van der Waals surface area contributed by atoms with Crippen molar-refractivity contribution < 1.29 is 5.11 Å². The van der Waals surface area contributed by atoms with E-state index in [-0.39, 0.29) is 17.6 Å². The lowest BCUT2D eigenvalue weighted by atomic mass is 10.2. The van der Waals surface area contributed by atoms with Gasteiger partial charge in [-0.2, -0.15) is 5.10 Å². The second-order valence-corrected chi connectivity index (χ2v) is 7.41. The molecule has 2 fully saturated rings. The quantitative estimate of drug-likeness (QED) is 0.782. The maximum absolute atomic E-state index is 10.3. The molecule has 26 heavy (non-hydrogen) atoms. The highest BCUT2D eigenvalue weighted by Crippen LogP contribution is 2.55. The van der Waals surface area contributed by atoms with Crippen LogP contribution in [0.2, 0.25) is 0 Å². The first-order valence-corrected chi connectivity index (χ1v) is 9.25. The maximum atomic E-state index is 10.3. The molecule has 2 atom stereocenters. The first-order valence-electron chi connectivity index (χ1n) is 9.25. The molecule has 5 rings (SSSR count). The standard InChI is InChI=1S/C19H22N6O/c1-11-10-20-12(2)19-22-18(23-25(11)19)14-9-13(14)17-15(26)5-6-16(21-17)24-7-3-4-8-24/h5-6,10,13-14,26H,3-4,7-9H2,1-2H3. The van der Waals surface area contributed by atoms with Crippen LogP contribution in [0.1, 0.15) is 54.0 Å². The summed E-state index contributed by atoms with van der Waals surface area (Å²) in [6.45, 7) is 6.02. The number of aromatic hydroxyl groups is 1. The highest BCUT2D eigenvalue weighted by Gasteiger charge is 2.45. The maximum Gasteiger partial charge on any atom is 0.177 e. The molecule has 2 unspecified atom stereocenters. The summed E-state index contributed by atoms with van der Waals surface area (Å²) in [6, 6.07) is 3.70. The number of anilines is 1. The van der Waals surface area contributed by atoms with Gasteiger partial charge in [0, 0.05) is 31.1 Å². The van der Waals surface area contributed by atoms with E-state index in [9.17, 15) is 5.11 Å². The van der Waals surface area contributed by atoms with Crippen molar-refractivity contribution in [1.82, 2.24) is 24.6 Å². The monoisotopic (exact) mass is 350 g/mol. The Bertz CT molecular complexity index is 952. The Hall–Kier alpha value is -2.70. The molecule has 7 nitrogen and oxygen atoms in total. The minimum atomic E-state index is 0.184. The van der Waals surface area contributed by atoms with E-state index in [4.69, 9.17) is 9.97 Å². The molecule has 0 spiro atoms. The van der Waals surface area contributed by atoms with Gasteiger partial charge < -0.3 is 10.0 Å². The van der Waals surface area contributed by atoms with Gasteiger partial charge >= 0.3 is 0 Å². The van der Waals surface area contributed by atoms with Crippen LogP contribution in [0.25, 0.3) is 5.65 Å². The van der Waals surface area contributed by atoms with Crippen molar-refractivity contribution in [2.45, 2.75) is 44.9 Å². The van der Waals surface area contributed by atoms with Crippen LogP contribution in [0, 0.1) is 13.8 Å². The van der Waals surface area contributed by atoms with Gasteiger partial charge in [0.25, 0.3) is 0 Å². The average molecular weight is 350 g/mol. The van der Waals surface area contributed by atoms with Gasteiger partial charge in [-0.05, 0) is 45.2 Å². The first kappa shape index (κ1) is 15.5. The molecule has 0 bridgehead atoms. The summed E-state index contributed by atoms with van der Waals surface area (Å²) in [6.07, 6.45) is 5.16. The zero-order chi connectivity index (χ0) is 17.8. The third-order valence-electron chi connectivity index (χ3n) is 5.52. The van der Waals surface area contributed by atoms with Crippen molar-refractivity contribution >= 4 is 11.5 Å². The minimum Gasteiger partial charge on any atom is -0.506 e. The Labute approximate surface area is 151 Å². The predicted molar refractivity (Wildman–Crippen MR) is 97.7 cm³/mol. The van der Waals surface area contributed by atoms with Gasteiger partial charge in [-0.3, -0.25) is 4.98 Å². The van der Waals surface area contributed by atoms with Crippen molar-refractivity contribution in [1.29, 1.82) is 0 Å². The summed E-state index contributed by atoms with van der Waals surface area (Å²) in [5, 5.41) is 15.0. The van der Waals surface area contributed by atoms with Gasteiger partial charge in [-0.15, -0.1) is 0 Å². The molecule has 134 valence electrons. The Morgan fingerprint density at radius 3 is 2.65 bits per heavy atom. The summed E-state index contributed by atoms with van der Waals surface area (Å²) in [5.41, 5.74) is 3.44. The molecule has 1 aliphatic carbocycles. The summed E-state index contributed by atoms with van der Waals surface area (Å²) in [4.78, 5) is 16.2. The highest BCUT2D eigenvalue weighted by atomic mass is 16.3. The van der Waals surface area contributed by atoms with Crippen LogP contribution in [0.15, 0.2) is 18.3 Å². The zero-order valence-corrected chi connectivity index (χ0v) is 15.1. The number of aryl methyl sites for hydroxylation is 2. The van der Waals surface area contributed by atoms with E-state index in [0.717, 1.165) is 53.9 Å². The Morgan fingerprint density at radius 2 is 1.88 bits per heavy atom. The van der Waals surface area contributed by atoms with Crippen LogP contribution < -0.4 is 4.90 Å². The average Bonchev–Trinajstić information content (AvgIpc) is 3.06. The van der Waals surface area contributed by atoms with Crippen LogP contribution in [0.4, 0.5) is 5.82 Å². The second kappa shape index (κ2) is 5.65. The lowest BCUT2D eigenvalue weighted by molar-refractivity contribution is 0.463. The molecular formula is C19H22N6O. The van der Waals surface area contributed by atoms with E-state index in [2.05, 4.69) is 15.0 Å². The van der Waals surface area contributed by atoms with E-state index in [1.165, 1.54) is 12.8 Å². The zero-order valence-electron chi connectivity index (χ0n) is 15.1. The highest BCUT2D eigenvalue weighted by molar-refractivity contribution is 5.49. The van der Waals surface area contributed by atoms with Gasteiger partial charge in [0.1, 0.15) is 11.6 Å². The fourth-order valence-electron chi connectivity index (χ4n) is 3.90. The largest absolute Gasteiger partial charge is 0.506 e. The van der Waals surface area contributed by atoms with Crippen molar-refractivity contribution in [3.8, 4) is 5.75 Å². The SMILES string of the molecule is Cc1ncc(C)n2nc(C3CC3c3nc(N4CCCC4)ccc3O)nc12. The third kappa shape index (κ3) is 2.41. The number of rotatable bonds is 3. The molecule has 0 amide bonds. The molecule has 4 heterocycles. The van der Waals surface area contributed by atoms with Crippen molar-refractivity contribution in [3.63, 3.8) is 0 Å². The number of hydrogen-bond acceptors (Lipinski definition) is 6. The lowest BCUT2D eigenvalue weighted by Crippen LogP contribution is -2.19. The molecule has 1 saturated heterocycles. The normalized spacial score (nSPS) is 22.3. The Kier molecular flexibility index (Phi) is 3.38. The Morgan fingerprint density at radius 1 is 1.08 bits per heavy atom. The van der Waals surface area contributed by atoms with Gasteiger partial charge in [-0.25, -0.2) is 14.5 Å². The molecule has 0 aromatic carbocycles. The third-order valence-corrected chi connectivity index (χ3v) is 5.52. The fourth-order valence-corrected chi connectivity index (χ4v) is 3.90. The van der Waals surface area contributed by atoms with Gasteiger partial charge in [0.15, 0.2) is 11.5 Å². The molecule has 2 aliphatic rings. The molecule has 1 N–H and O–H groups in total. The van der Waals surface area contributed by atoms with Gasteiger partial charge in [0.2, 0.25) is 0 Å². The summed E-state index contributed by atoms with van der Waals surface area (Å²) >= 11 is 0. The Balaban J connectivity index is 1.46. The number of hydrogen-bond donors (Lipinski definition) is 1. The van der Waals surface area contributed by atoms with E-state index >= 15 is 0 Å². The molecule has 3 aromatic rings. The van der Waals surface area contributed by atoms with Crippen LogP contribution >= 0.6 is 0 Å². The van der Waals surface area contributed by atoms with Crippen LogP contribution in [0.3, 0.4) is 0 Å².